The monoisotopic (exact) mass is 199 g/mol. The molecule has 1 aromatic rings. The van der Waals surface area contributed by atoms with Gasteiger partial charge in [-0.1, -0.05) is 11.6 Å². The Morgan fingerprint density at radius 2 is 2.33 bits per heavy atom. The van der Waals surface area contributed by atoms with Gasteiger partial charge in [0, 0.05) is 6.07 Å². The molecule has 0 fully saturated rings. The van der Waals surface area contributed by atoms with Crippen LogP contribution >= 0.6 is 23.8 Å². The van der Waals surface area contributed by atoms with Crippen molar-refractivity contribution in [3.8, 4) is 5.75 Å². The number of aliphatic imine (C=N–C) groups is 1. The zero-order valence-electron chi connectivity index (χ0n) is 6.37. The molecule has 1 aromatic carbocycles. The first-order valence-corrected chi connectivity index (χ1v) is 3.98. The highest BCUT2D eigenvalue weighted by Gasteiger charge is 1.99. The predicted octanol–water partition coefficient (Wildman–Crippen LogP) is 3.08. The van der Waals surface area contributed by atoms with Crippen LogP contribution < -0.4 is 4.74 Å². The van der Waals surface area contributed by atoms with Gasteiger partial charge in [0.25, 0.3) is 0 Å². The first-order valence-electron chi connectivity index (χ1n) is 3.19. The fraction of sp³-hybridized carbons (Fsp3) is 0.125. The van der Waals surface area contributed by atoms with E-state index >= 15 is 0 Å². The minimum Gasteiger partial charge on any atom is -0.497 e. The van der Waals surface area contributed by atoms with E-state index in [1.54, 1.807) is 25.3 Å². The molecule has 0 aliphatic rings. The molecule has 0 amide bonds. The standard InChI is InChI=1S/C8H6ClNOS/c1-11-6-2-3-8(10-5-12)7(9)4-6/h2-4H,1H3. The van der Waals surface area contributed by atoms with Gasteiger partial charge in [-0.25, -0.2) is 0 Å². The number of thiocarbonyl (C=S) groups is 1. The number of methoxy groups -OCH3 is 1. The number of nitrogens with zero attached hydrogens (tertiary/aromatic N) is 1. The van der Waals surface area contributed by atoms with Gasteiger partial charge in [0.1, 0.15) is 5.75 Å². The largest absolute Gasteiger partial charge is 0.497 e. The van der Waals surface area contributed by atoms with Crippen LogP contribution in [0.25, 0.3) is 0 Å². The molecule has 0 aliphatic carbocycles. The Morgan fingerprint density at radius 1 is 1.58 bits per heavy atom. The van der Waals surface area contributed by atoms with E-state index in [1.807, 2.05) is 0 Å². The van der Waals surface area contributed by atoms with Crippen LogP contribution in [0.1, 0.15) is 0 Å². The van der Waals surface area contributed by atoms with Gasteiger partial charge in [-0.15, -0.1) is 0 Å². The summed E-state index contributed by atoms with van der Waals surface area (Å²) in [4.78, 5) is 3.76. The van der Waals surface area contributed by atoms with Gasteiger partial charge in [0.05, 0.1) is 23.0 Å². The maximum absolute atomic E-state index is 5.83. The van der Waals surface area contributed by atoms with Gasteiger partial charge >= 0.3 is 0 Å². The van der Waals surface area contributed by atoms with Gasteiger partial charge in [-0.05, 0) is 24.4 Å². The topological polar surface area (TPSA) is 21.6 Å². The third-order valence-corrected chi connectivity index (χ3v) is 1.71. The SMILES string of the molecule is COc1ccc(N=C=S)c(Cl)c1. The first-order chi connectivity index (χ1) is 5.77. The van der Waals surface area contributed by atoms with E-state index in [0.29, 0.717) is 16.5 Å². The molecule has 0 saturated heterocycles. The lowest BCUT2D eigenvalue weighted by molar-refractivity contribution is 0.415. The summed E-state index contributed by atoms with van der Waals surface area (Å²) < 4.78 is 4.96. The maximum atomic E-state index is 5.83. The van der Waals surface area contributed by atoms with Gasteiger partial charge in [0.15, 0.2) is 0 Å². The Bertz CT molecular complexity index is 334. The van der Waals surface area contributed by atoms with E-state index in [2.05, 4.69) is 22.4 Å². The highest BCUT2D eigenvalue weighted by Crippen LogP contribution is 2.28. The normalized spacial score (nSPS) is 8.83. The molecule has 2 nitrogen and oxygen atoms in total. The van der Waals surface area contributed by atoms with Crippen LogP contribution in [-0.4, -0.2) is 12.3 Å². The molecule has 0 aliphatic heterocycles. The molecule has 0 radical (unpaired) electrons. The molecule has 0 spiro atoms. The number of halogens is 1. The van der Waals surface area contributed by atoms with Crippen LogP contribution in [0.15, 0.2) is 23.2 Å². The minimum atomic E-state index is 0.506. The number of hydrogen-bond acceptors (Lipinski definition) is 3. The van der Waals surface area contributed by atoms with Crippen LogP contribution in [0.2, 0.25) is 5.02 Å². The molecule has 0 heterocycles. The van der Waals surface area contributed by atoms with Crippen molar-refractivity contribution in [2.24, 2.45) is 4.99 Å². The fourth-order valence-electron chi connectivity index (χ4n) is 0.754. The lowest BCUT2D eigenvalue weighted by atomic mass is 10.3. The summed E-state index contributed by atoms with van der Waals surface area (Å²) in [6, 6.07) is 5.16. The van der Waals surface area contributed by atoms with Crippen molar-refractivity contribution in [1.29, 1.82) is 0 Å². The predicted molar refractivity (Wildman–Crippen MR) is 52.7 cm³/mol. The van der Waals surface area contributed by atoms with E-state index in [1.165, 1.54) is 0 Å². The molecule has 12 heavy (non-hydrogen) atoms. The van der Waals surface area contributed by atoms with Crippen molar-refractivity contribution in [1.82, 2.24) is 0 Å². The van der Waals surface area contributed by atoms with Crippen LogP contribution in [0.4, 0.5) is 5.69 Å². The van der Waals surface area contributed by atoms with Gasteiger partial charge in [-0.3, -0.25) is 0 Å². The Hall–Kier alpha value is -0.890. The van der Waals surface area contributed by atoms with Crippen LogP contribution in [0.3, 0.4) is 0 Å². The van der Waals surface area contributed by atoms with Crippen LogP contribution in [0.5, 0.6) is 5.75 Å². The fourth-order valence-corrected chi connectivity index (χ4v) is 1.07. The van der Waals surface area contributed by atoms with E-state index in [0.717, 1.165) is 0 Å². The highest BCUT2D eigenvalue weighted by atomic mass is 35.5. The molecular weight excluding hydrogens is 194 g/mol. The number of isothiocyanates is 1. The number of ether oxygens (including phenoxy) is 1. The molecule has 0 unspecified atom stereocenters. The highest BCUT2D eigenvalue weighted by molar-refractivity contribution is 7.78. The Labute approximate surface area is 80.8 Å². The van der Waals surface area contributed by atoms with Crippen molar-refractivity contribution in [3.05, 3.63) is 23.2 Å². The molecule has 1 rings (SSSR count). The van der Waals surface area contributed by atoms with Crippen LogP contribution in [0, 0.1) is 0 Å². The maximum Gasteiger partial charge on any atom is 0.120 e. The molecule has 0 N–H and O–H groups in total. The Balaban J connectivity index is 3.11. The van der Waals surface area contributed by atoms with E-state index < -0.39 is 0 Å². The molecular formula is C8H6ClNOS. The zero-order valence-corrected chi connectivity index (χ0v) is 7.95. The Kier molecular flexibility index (Phi) is 3.23. The summed E-state index contributed by atoms with van der Waals surface area (Å²) in [7, 11) is 1.58. The Morgan fingerprint density at radius 3 is 2.83 bits per heavy atom. The summed E-state index contributed by atoms with van der Waals surface area (Å²) in [5, 5.41) is 2.75. The average molecular weight is 200 g/mol. The molecule has 4 heteroatoms. The van der Waals surface area contributed by atoms with Crippen molar-refractivity contribution in [3.63, 3.8) is 0 Å². The third kappa shape index (κ3) is 2.05. The summed E-state index contributed by atoms with van der Waals surface area (Å²) >= 11 is 10.3. The van der Waals surface area contributed by atoms with Crippen molar-refractivity contribution < 1.29 is 4.74 Å². The summed E-state index contributed by atoms with van der Waals surface area (Å²) in [6.45, 7) is 0. The average Bonchev–Trinajstić information content (AvgIpc) is 2.09. The smallest absolute Gasteiger partial charge is 0.120 e. The van der Waals surface area contributed by atoms with Gasteiger partial charge < -0.3 is 4.74 Å². The second-order valence-electron chi connectivity index (χ2n) is 2.02. The molecule has 62 valence electrons. The molecule has 0 bridgehead atoms. The van der Waals surface area contributed by atoms with Gasteiger partial charge in [-0.2, -0.15) is 4.99 Å². The summed E-state index contributed by atoms with van der Waals surface area (Å²) in [5.74, 6) is 0.698. The van der Waals surface area contributed by atoms with E-state index in [-0.39, 0.29) is 0 Å². The minimum absolute atomic E-state index is 0.506. The van der Waals surface area contributed by atoms with E-state index in [4.69, 9.17) is 16.3 Å². The number of hydrogen-bond donors (Lipinski definition) is 0. The quantitative estimate of drug-likeness (QED) is 0.539. The van der Waals surface area contributed by atoms with Gasteiger partial charge in [0.2, 0.25) is 0 Å². The first kappa shape index (κ1) is 9.20. The number of rotatable bonds is 2. The van der Waals surface area contributed by atoms with E-state index in [9.17, 15) is 0 Å². The second-order valence-corrected chi connectivity index (χ2v) is 2.61. The second kappa shape index (κ2) is 4.21. The van der Waals surface area contributed by atoms with Crippen molar-refractivity contribution in [2.75, 3.05) is 7.11 Å². The molecule has 0 atom stereocenters. The third-order valence-electron chi connectivity index (χ3n) is 1.32. The number of benzene rings is 1. The lowest BCUT2D eigenvalue weighted by Crippen LogP contribution is -1.80. The summed E-state index contributed by atoms with van der Waals surface area (Å²) in [6.07, 6.45) is 0. The summed E-state index contributed by atoms with van der Waals surface area (Å²) in [5.41, 5.74) is 0.604. The van der Waals surface area contributed by atoms with Crippen molar-refractivity contribution >= 4 is 34.7 Å². The molecule has 0 saturated carbocycles. The van der Waals surface area contributed by atoms with Crippen LogP contribution in [-0.2, 0) is 0 Å². The zero-order chi connectivity index (χ0) is 8.97. The lowest BCUT2D eigenvalue weighted by Gasteiger charge is -2.00. The molecule has 0 aromatic heterocycles. The van der Waals surface area contributed by atoms with Crippen molar-refractivity contribution in [2.45, 2.75) is 0 Å².